The molecule has 0 aromatic carbocycles. The summed E-state index contributed by atoms with van der Waals surface area (Å²) in [4.78, 5) is 6.09. The summed E-state index contributed by atoms with van der Waals surface area (Å²) >= 11 is 1.88. The van der Waals surface area contributed by atoms with Crippen molar-refractivity contribution in [3.8, 4) is 0 Å². The third-order valence-corrected chi connectivity index (χ3v) is 5.90. The Hall–Kier alpha value is -0.410. The molecule has 0 radical (unpaired) electrons. The van der Waals surface area contributed by atoms with E-state index >= 15 is 0 Å². The standard InChI is InChI=1S/C16H28N2S/c1-5-13-7-6-8-14(9-13)15(17-4)10-16-18-11(2)12(3)19-16/h13-15,17H,5-10H2,1-4H3. The van der Waals surface area contributed by atoms with Crippen LogP contribution in [-0.2, 0) is 6.42 Å². The highest BCUT2D eigenvalue weighted by Crippen LogP contribution is 2.34. The predicted molar refractivity (Wildman–Crippen MR) is 83.9 cm³/mol. The first-order chi connectivity index (χ1) is 9.13. The molecule has 0 saturated heterocycles. The minimum Gasteiger partial charge on any atom is -0.316 e. The predicted octanol–water partition coefficient (Wildman–Crippen LogP) is 4.11. The van der Waals surface area contributed by atoms with E-state index in [1.54, 1.807) is 0 Å². The third kappa shape index (κ3) is 3.79. The maximum Gasteiger partial charge on any atom is 0.0946 e. The lowest BCUT2D eigenvalue weighted by atomic mass is 9.76. The average molecular weight is 280 g/mol. The van der Waals surface area contributed by atoms with Crippen molar-refractivity contribution in [3.63, 3.8) is 0 Å². The average Bonchev–Trinajstić information content (AvgIpc) is 2.75. The van der Waals surface area contributed by atoms with Crippen LogP contribution in [0.3, 0.4) is 0 Å². The van der Waals surface area contributed by atoms with Crippen LogP contribution in [0, 0.1) is 25.7 Å². The van der Waals surface area contributed by atoms with E-state index in [2.05, 4.69) is 33.1 Å². The van der Waals surface area contributed by atoms with E-state index in [0.717, 1.165) is 18.3 Å². The maximum absolute atomic E-state index is 4.71. The molecule has 1 aliphatic rings. The van der Waals surface area contributed by atoms with Crippen LogP contribution in [0.15, 0.2) is 0 Å². The Labute approximate surface area is 122 Å². The van der Waals surface area contributed by atoms with Crippen molar-refractivity contribution in [1.29, 1.82) is 0 Å². The van der Waals surface area contributed by atoms with Crippen LogP contribution in [0.2, 0.25) is 0 Å². The topological polar surface area (TPSA) is 24.9 Å². The van der Waals surface area contributed by atoms with E-state index in [0.29, 0.717) is 6.04 Å². The molecular weight excluding hydrogens is 252 g/mol. The summed E-state index contributed by atoms with van der Waals surface area (Å²) < 4.78 is 0. The highest BCUT2D eigenvalue weighted by atomic mass is 32.1. The second kappa shape index (κ2) is 6.85. The van der Waals surface area contributed by atoms with Gasteiger partial charge in [-0.25, -0.2) is 4.98 Å². The largest absolute Gasteiger partial charge is 0.316 e. The molecule has 1 aromatic heterocycles. The highest BCUT2D eigenvalue weighted by Gasteiger charge is 2.27. The van der Waals surface area contributed by atoms with Crippen LogP contribution in [0.5, 0.6) is 0 Å². The summed E-state index contributed by atoms with van der Waals surface area (Å²) in [5.41, 5.74) is 1.21. The smallest absolute Gasteiger partial charge is 0.0946 e. The monoisotopic (exact) mass is 280 g/mol. The van der Waals surface area contributed by atoms with Gasteiger partial charge >= 0.3 is 0 Å². The van der Waals surface area contributed by atoms with E-state index in [4.69, 9.17) is 4.98 Å². The highest BCUT2D eigenvalue weighted by molar-refractivity contribution is 7.11. The van der Waals surface area contributed by atoms with Gasteiger partial charge in [0.1, 0.15) is 0 Å². The molecule has 1 heterocycles. The van der Waals surface area contributed by atoms with E-state index < -0.39 is 0 Å². The molecule has 1 aliphatic carbocycles. The quantitative estimate of drug-likeness (QED) is 0.878. The zero-order chi connectivity index (χ0) is 13.8. The fourth-order valence-electron chi connectivity index (χ4n) is 3.39. The van der Waals surface area contributed by atoms with Crippen LogP contribution >= 0.6 is 11.3 Å². The van der Waals surface area contributed by atoms with Crippen LogP contribution < -0.4 is 5.32 Å². The van der Waals surface area contributed by atoms with E-state index in [1.165, 1.54) is 47.7 Å². The normalized spacial score (nSPS) is 25.5. The molecule has 0 bridgehead atoms. The van der Waals surface area contributed by atoms with Crippen LogP contribution in [0.4, 0.5) is 0 Å². The fourth-order valence-corrected chi connectivity index (χ4v) is 4.38. The van der Waals surface area contributed by atoms with Crippen LogP contribution in [0.1, 0.15) is 54.6 Å². The molecule has 108 valence electrons. The molecule has 19 heavy (non-hydrogen) atoms. The van der Waals surface area contributed by atoms with E-state index in [-0.39, 0.29) is 0 Å². The minimum absolute atomic E-state index is 0.610. The van der Waals surface area contributed by atoms with Gasteiger partial charge in [0.05, 0.1) is 10.7 Å². The van der Waals surface area contributed by atoms with Gasteiger partial charge in [0.15, 0.2) is 0 Å². The number of aromatic nitrogens is 1. The molecule has 0 spiro atoms. The van der Waals surface area contributed by atoms with Gasteiger partial charge in [0.2, 0.25) is 0 Å². The number of likely N-dealkylation sites (N-methyl/N-ethyl adjacent to an activating group) is 1. The third-order valence-electron chi connectivity index (χ3n) is 4.81. The summed E-state index contributed by atoms with van der Waals surface area (Å²) in [5.74, 6) is 1.79. The molecule has 0 amide bonds. The van der Waals surface area contributed by atoms with Crippen molar-refractivity contribution in [2.24, 2.45) is 11.8 Å². The summed E-state index contributed by atoms with van der Waals surface area (Å²) in [6.07, 6.45) is 8.12. The fraction of sp³-hybridized carbons (Fsp3) is 0.812. The number of hydrogen-bond donors (Lipinski definition) is 1. The molecule has 2 nitrogen and oxygen atoms in total. The number of thiazole rings is 1. The summed E-state index contributed by atoms with van der Waals surface area (Å²) in [6.45, 7) is 6.64. The summed E-state index contributed by atoms with van der Waals surface area (Å²) in [5, 5.41) is 4.87. The summed E-state index contributed by atoms with van der Waals surface area (Å²) in [6, 6.07) is 0.610. The van der Waals surface area contributed by atoms with Crippen LogP contribution in [-0.4, -0.2) is 18.1 Å². The Morgan fingerprint density at radius 2 is 2.16 bits per heavy atom. The molecule has 2 rings (SSSR count). The molecule has 3 heteroatoms. The SMILES string of the molecule is CCC1CCCC(C(Cc2nc(C)c(C)s2)NC)C1. The van der Waals surface area contributed by atoms with Crippen molar-refractivity contribution < 1.29 is 0 Å². The Bertz CT molecular complexity index is 380. The van der Waals surface area contributed by atoms with Gasteiger partial charge in [-0.05, 0) is 45.6 Å². The van der Waals surface area contributed by atoms with Gasteiger partial charge in [0.25, 0.3) is 0 Å². The van der Waals surface area contributed by atoms with Crippen molar-refractivity contribution >= 4 is 11.3 Å². The lowest BCUT2D eigenvalue weighted by Crippen LogP contribution is -2.38. The lowest BCUT2D eigenvalue weighted by molar-refractivity contribution is 0.212. The zero-order valence-electron chi connectivity index (χ0n) is 12.8. The van der Waals surface area contributed by atoms with Crippen molar-refractivity contribution in [1.82, 2.24) is 10.3 Å². The maximum atomic E-state index is 4.71. The van der Waals surface area contributed by atoms with Gasteiger partial charge in [-0.1, -0.05) is 26.2 Å². The zero-order valence-corrected chi connectivity index (χ0v) is 13.6. The first kappa shape index (κ1) is 15.0. The molecule has 3 unspecified atom stereocenters. The second-order valence-corrected chi connectivity index (χ2v) is 7.34. The van der Waals surface area contributed by atoms with Crippen LogP contribution in [0.25, 0.3) is 0 Å². The Kier molecular flexibility index (Phi) is 5.40. The van der Waals surface area contributed by atoms with E-state index in [1.807, 2.05) is 11.3 Å². The van der Waals surface area contributed by atoms with Crippen molar-refractivity contribution in [2.45, 2.75) is 65.3 Å². The molecule has 0 aliphatic heterocycles. The molecular formula is C16H28N2S. The Morgan fingerprint density at radius 3 is 2.74 bits per heavy atom. The van der Waals surface area contributed by atoms with Gasteiger partial charge in [-0.3, -0.25) is 0 Å². The molecule has 3 atom stereocenters. The number of nitrogens with zero attached hydrogens (tertiary/aromatic N) is 1. The molecule has 1 N–H and O–H groups in total. The van der Waals surface area contributed by atoms with Gasteiger partial charge in [-0.15, -0.1) is 11.3 Å². The number of aryl methyl sites for hydroxylation is 2. The molecule has 1 aromatic rings. The first-order valence-corrected chi connectivity index (χ1v) is 8.55. The number of nitrogens with one attached hydrogen (secondary N) is 1. The van der Waals surface area contributed by atoms with Gasteiger partial charge < -0.3 is 5.32 Å². The second-order valence-electron chi connectivity index (χ2n) is 6.05. The van der Waals surface area contributed by atoms with Crippen molar-refractivity contribution in [3.05, 3.63) is 15.6 Å². The number of rotatable bonds is 5. The Balaban J connectivity index is 1.99. The number of hydrogen-bond acceptors (Lipinski definition) is 3. The van der Waals surface area contributed by atoms with Gasteiger partial charge in [0, 0.05) is 17.3 Å². The Morgan fingerprint density at radius 1 is 1.37 bits per heavy atom. The molecule has 1 fully saturated rings. The molecule has 1 saturated carbocycles. The minimum atomic E-state index is 0.610. The first-order valence-electron chi connectivity index (χ1n) is 7.74. The lowest BCUT2D eigenvalue weighted by Gasteiger charge is -2.34. The van der Waals surface area contributed by atoms with Gasteiger partial charge in [-0.2, -0.15) is 0 Å². The van der Waals surface area contributed by atoms with Crippen molar-refractivity contribution in [2.75, 3.05) is 7.05 Å². The summed E-state index contributed by atoms with van der Waals surface area (Å²) in [7, 11) is 2.12. The van der Waals surface area contributed by atoms with E-state index in [9.17, 15) is 0 Å².